The number of nitrogens with zero attached hydrogens (tertiary/aromatic N) is 1. The molecule has 2 aromatic rings. The summed E-state index contributed by atoms with van der Waals surface area (Å²) in [6, 6.07) is 7.16. The molecular formula is C14H16ClN3OS. The molecule has 2 rings (SSSR count). The van der Waals surface area contributed by atoms with Crippen molar-refractivity contribution in [1.29, 1.82) is 0 Å². The molecule has 0 aliphatic carbocycles. The van der Waals surface area contributed by atoms with Crippen molar-refractivity contribution in [2.45, 2.75) is 26.3 Å². The Bertz CT molecular complexity index is 625. The van der Waals surface area contributed by atoms with Gasteiger partial charge in [0.05, 0.1) is 11.7 Å². The number of nitrogens with one attached hydrogen (secondary N) is 1. The van der Waals surface area contributed by atoms with Crippen molar-refractivity contribution >= 4 is 34.0 Å². The third kappa shape index (κ3) is 3.56. The molecule has 1 atom stereocenters. The molecule has 0 fully saturated rings. The zero-order valence-corrected chi connectivity index (χ0v) is 12.9. The quantitative estimate of drug-likeness (QED) is 0.912. The number of aryl methyl sites for hydroxylation is 1. The smallest absolute Gasteiger partial charge is 0.242 e. The maximum absolute atomic E-state index is 11.6. The second kappa shape index (κ2) is 6.35. The summed E-state index contributed by atoms with van der Waals surface area (Å²) in [5.41, 5.74) is 7.46. The second-order valence-electron chi connectivity index (χ2n) is 4.57. The summed E-state index contributed by atoms with van der Waals surface area (Å²) < 4.78 is 0. The average Bonchev–Trinajstić information content (AvgIpc) is 2.72. The Morgan fingerprint density at radius 1 is 1.50 bits per heavy atom. The Labute approximate surface area is 127 Å². The van der Waals surface area contributed by atoms with Gasteiger partial charge in [0.25, 0.3) is 0 Å². The van der Waals surface area contributed by atoms with E-state index in [1.807, 2.05) is 31.2 Å². The van der Waals surface area contributed by atoms with Crippen LogP contribution in [0.3, 0.4) is 0 Å². The molecule has 6 heteroatoms. The number of carbonyl (C=O) groups is 1. The van der Waals surface area contributed by atoms with Gasteiger partial charge in [-0.2, -0.15) is 0 Å². The molecule has 106 valence electrons. The zero-order chi connectivity index (χ0) is 14.7. The zero-order valence-electron chi connectivity index (χ0n) is 11.3. The molecule has 1 aromatic heterocycles. The number of hydrogen-bond acceptors (Lipinski definition) is 4. The van der Waals surface area contributed by atoms with E-state index in [9.17, 15) is 4.79 Å². The fourth-order valence-electron chi connectivity index (χ4n) is 1.68. The number of thiazole rings is 1. The van der Waals surface area contributed by atoms with Crippen molar-refractivity contribution < 1.29 is 4.79 Å². The summed E-state index contributed by atoms with van der Waals surface area (Å²) in [6.45, 7) is 3.56. The number of amides is 1. The number of halogens is 1. The highest BCUT2D eigenvalue weighted by molar-refractivity contribution is 7.15. The Balaban J connectivity index is 2.16. The fraction of sp³-hybridized carbons (Fsp3) is 0.286. The Morgan fingerprint density at radius 2 is 2.20 bits per heavy atom. The van der Waals surface area contributed by atoms with Gasteiger partial charge in [-0.15, -0.1) is 11.3 Å². The molecule has 0 bridgehead atoms. The van der Waals surface area contributed by atoms with E-state index in [4.69, 9.17) is 17.3 Å². The molecule has 3 N–H and O–H groups in total. The maximum atomic E-state index is 11.6. The topological polar surface area (TPSA) is 68.0 Å². The molecular weight excluding hydrogens is 294 g/mol. The molecule has 1 aromatic carbocycles. The lowest BCUT2D eigenvalue weighted by molar-refractivity contribution is -0.117. The summed E-state index contributed by atoms with van der Waals surface area (Å²) in [6.07, 6.45) is 0.706. The third-order valence-corrected chi connectivity index (χ3v) is 4.29. The first-order valence-corrected chi connectivity index (χ1v) is 7.43. The van der Waals surface area contributed by atoms with Crippen molar-refractivity contribution in [2.75, 3.05) is 5.32 Å². The normalized spacial score (nSPS) is 12.2. The summed E-state index contributed by atoms with van der Waals surface area (Å²) >= 11 is 7.61. The number of nitrogens with two attached hydrogens (primary N) is 1. The van der Waals surface area contributed by atoms with E-state index in [1.54, 1.807) is 6.92 Å². The molecule has 1 amide bonds. The first-order chi connectivity index (χ1) is 9.47. The number of benzene rings is 1. The minimum absolute atomic E-state index is 0.233. The third-order valence-electron chi connectivity index (χ3n) is 2.85. The van der Waals surface area contributed by atoms with Crippen LogP contribution in [0.5, 0.6) is 0 Å². The number of carbonyl (C=O) groups excluding carboxylic acids is 1. The lowest BCUT2D eigenvalue weighted by Gasteiger charge is -2.03. The van der Waals surface area contributed by atoms with Crippen LogP contribution in [-0.4, -0.2) is 16.9 Å². The highest BCUT2D eigenvalue weighted by Gasteiger charge is 2.13. The molecule has 4 nitrogen and oxygen atoms in total. The monoisotopic (exact) mass is 309 g/mol. The second-order valence-corrected chi connectivity index (χ2v) is 6.06. The molecule has 0 saturated heterocycles. The van der Waals surface area contributed by atoms with E-state index < -0.39 is 6.04 Å². The summed E-state index contributed by atoms with van der Waals surface area (Å²) in [5, 5.41) is 4.03. The molecule has 0 spiro atoms. The van der Waals surface area contributed by atoms with Gasteiger partial charge in [-0.1, -0.05) is 29.8 Å². The van der Waals surface area contributed by atoms with Gasteiger partial charge in [-0.05, 0) is 25.5 Å². The van der Waals surface area contributed by atoms with Crippen molar-refractivity contribution in [3.8, 4) is 0 Å². The van der Waals surface area contributed by atoms with E-state index in [2.05, 4.69) is 10.3 Å². The predicted octanol–water partition coefficient (Wildman–Crippen LogP) is 2.98. The fourth-order valence-corrected chi connectivity index (χ4v) is 2.87. The highest BCUT2D eigenvalue weighted by Crippen LogP contribution is 2.27. The number of rotatable bonds is 4. The summed E-state index contributed by atoms with van der Waals surface area (Å²) in [4.78, 5) is 17.0. The minimum Gasteiger partial charge on any atom is -0.320 e. The van der Waals surface area contributed by atoms with Gasteiger partial charge in [-0.25, -0.2) is 4.98 Å². The van der Waals surface area contributed by atoms with E-state index in [1.165, 1.54) is 11.3 Å². The first kappa shape index (κ1) is 15.0. The molecule has 1 heterocycles. The standard InChI is InChI=1S/C14H16ClN3OS/c1-8(16)13(19)18-14-17-9(2)12(20-14)7-10-5-3-4-6-11(10)15/h3-6,8H,7,16H2,1-2H3,(H,17,18,19)/t8-/m0/s1. The van der Waals surface area contributed by atoms with Crippen LogP contribution in [0, 0.1) is 6.92 Å². The van der Waals surface area contributed by atoms with Gasteiger partial charge < -0.3 is 11.1 Å². The highest BCUT2D eigenvalue weighted by atomic mass is 35.5. The van der Waals surface area contributed by atoms with Crippen LogP contribution in [0.4, 0.5) is 5.13 Å². The van der Waals surface area contributed by atoms with Crippen LogP contribution in [0.2, 0.25) is 5.02 Å². The molecule has 0 radical (unpaired) electrons. The van der Waals surface area contributed by atoms with Gasteiger partial charge >= 0.3 is 0 Å². The van der Waals surface area contributed by atoms with Crippen molar-refractivity contribution in [2.24, 2.45) is 5.73 Å². The van der Waals surface area contributed by atoms with Gasteiger partial charge in [0, 0.05) is 16.3 Å². The largest absolute Gasteiger partial charge is 0.320 e. The molecule has 0 saturated carbocycles. The van der Waals surface area contributed by atoms with Crippen LogP contribution in [0.1, 0.15) is 23.1 Å². The van der Waals surface area contributed by atoms with Gasteiger partial charge in [0.2, 0.25) is 5.91 Å². The maximum Gasteiger partial charge on any atom is 0.242 e. The molecule has 0 aliphatic heterocycles. The van der Waals surface area contributed by atoms with E-state index >= 15 is 0 Å². The minimum atomic E-state index is -0.550. The van der Waals surface area contributed by atoms with E-state index in [0.29, 0.717) is 11.6 Å². The number of aromatic nitrogens is 1. The van der Waals surface area contributed by atoms with Crippen LogP contribution in [0.25, 0.3) is 0 Å². The van der Waals surface area contributed by atoms with Gasteiger partial charge in [0.1, 0.15) is 0 Å². The molecule has 20 heavy (non-hydrogen) atoms. The van der Waals surface area contributed by atoms with Crippen molar-refractivity contribution in [3.63, 3.8) is 0 Å². The first-order valence-electron chi connectivity index (χ1n) is 6.23. The molecule has 0 aliphatic rings. The SMILES string of the molecule is Cc1nc(NC(=O)[C@H](C)N)sc1Cc1ccccc1Cl. The van der Waals surface area contributed by atoms with Crippen molar-refractivity contribution in [1.82, 2.24) is 4.98 Å². The lowest BCUT2D eigenvalue weighted by atomic mass is 10.1. The van der Waals surface area contributed by atoms with Crippen LogP contribution in [0.15, 0.2) is 24.3 Å². The summed E-state index contributed by atoms with van der Waals surface area (Å²) in [7, 11) is 0. The van der Waals surface area contributed by atoms with E-state index in [0.717, 1.165) is 21.2 Å². The Hall–Kier alpha value is -1.43. The molecule has 0 unspecified atom stereocenters. The van der Waals surface area contributed by atoms with E-state index in [-0.39, 0.29) is 5.91 Å². The van der Waals surface area contributed by atoms with Crippen LogP contribution < -0.4 is 11.1 Å². The Kier molecular flexibility index (Phi) is 4.75. The number of hydrogen-bond donors (Lipinski definition) is 2. The van der Waals surface area contributed by atoms with Crippen LogP contribution in [-0.2, 0) is 11.2 Å². The predicted molar refractivity (Wildman–Crippen MR) is 83.4 cm³/mol. The Morgan fingerprint density at radius 3 is 2.85 bits per heavy atom. The van der Waals surface area contributed by atoms with Crippen LogP contribution >= 0.6 is 22.9 Å². The van der Waals surface area contributed by atoms with Gasteiger partial charge in [0.15, 0.2) is 5.13 Å². The lowest BCUT2D eigenvalue weighted by Crippen LogP contribution is -2.32. The average molecular weight is 310 g/mol. The van der Waals surface area contributed by atoms with Gasteiger partial charge in [-0.3, -0.25) is 4.79 Å². The number of anilines is 1. The summed E-state index contributed by atoms with van der Waals surface area (Å²) in [5.74, 6) is -0.233. The van der Waals surface area contributed by atoms with Crippen molar-refractivity contribution in [3.05, 3.63) is 45.4 Å².